The van der Waals surface area contributed by atoms with Crippen molar-refractivity contribution in [1.82, 2.24) is 10.3 Å². The van der Waals surface area contributed by atoms with Gasteiger partial charge in [0.1, 0.15) is 5.82 Å². The van der Waals surface area contributed by atoms with Crippen molar-refractivity contribution in [2.24, 2.45) is 5.92 Å². The Bertz CT molecular complexity index is 426. The summed E-state index contributed by atoms with van der Waals surface area (Å²) in [6.07, 6.45) is 5.07. The van der Waals surface area contributed by atoms with E-state index in [1.807, 2.05) is 11.8 Å². The van der Waals surface area contributed by atoms with E-state index in [1.54, 1.807) is 6.20 Å². The molecule has 0 fully saturated rings. The first kappa shape index (κ1) is 18.6. The number of hydrogen-bond donors (Lipinski definition) is 1. The Labute approximate surface area is 138 Å². The van der Waals surface area contributed by atoms with Crippen LogP contribution in [-0.4, -0.2) is 36.6 Å². The van der Waals surface area contributed by atoms with E-state index in [-0.39, 0.29) is 0 Å². The van der Waals surface area contributed by atoms with Crippen LogP contribution in [0.3, 0.4) is 0 Å². The highest BCUT2D eigenvalue weighted by molar-refractivity contribution is 7.98. The van der Waals surface area contributed by atoms with Gasteiger partial charge in [0, 0.05) is 25.8 Å². The molecule has 0 amide bonds. The van der Waals surface area contributed by atoms with Crippen molar-refractivity contribution < 1.29 is 0 Å². The Kier molecular flexibility index (Phi) is 8.45. The van der Waals surface area contributed by atoms with Crippen LogP contribution in [0.4, 0.5) is 5.82 Å². The maximum Gasteiger partial charge on any atom is 0.128 e. The molecule has 0 aromatic carbocycles. The van der Waals surface area contributed by atoms with E-state index < -0.39 is 0 Å². The molecule has 120 valence electrons. The molecular formula is C16H28ClN3S. The van der Waals surface area contributed by atoms with Crippen LogP contribution in [0.15, 0.2) is 12.3 Å². The molecular weight excluding hydrogens is 302 g/mol. The zero-order valence-corrected chi connectivity index (χ0v) is 15.4. The first-order chi connectivity index (χ1) is 9.95. The highest BCUT2D eigenvalue weighted by Crippen LogP contribution is 2.22. The summed E-state index contributed by atoms with van der Waals surface area (Å²) in [4.78, 5) is 6.71. The predicted octanol–water partition coefficient (Wildman–Crippen LogP) is 4.06. The molecule has 0 radical (unpaired) electrons. The summed E-state index contributed by atoms with van der Waals surface area (Å²) in [6, 6.07) is 2.58. The van der Waals surface area contributed by atoms with E-state index in [0.717, 1.165) is 35.9 Å². The van der Waals surface area contributed by atoms with E-state index in [1.165, 1.54) is 5.75 Å². The summed E-state index contributed by atoms with van der Waals surface area (Å²) in [7, 11) is 2.10. The van der Waals surface area contributed by atoms with E-state index in [4.69, 9.17) is 11.6 Å². The SMILES string of the molecule is CSCCC(C)N(C)c1cc(CNCC(C)C)c(Cl)cn1. The Morgan fingerprint density at radius 2 is 2.10 bits per heavy atom. The van der Waals surface area contributed by atoms with Gasteiger partial charge in [-0.05, 0) is 49.4 Å². The summed E-state index contributed by atoms with van der Waals surface area (Å²) in [5.41, 5.74) is 1.12. The van der Waals surface area contributed by atoms with Crippen LogP contribution in [0.5, 0.6) is 0 Å². The van der Waals surface area contributed by atoms with Crippen LogP contribution in [0.25, 0.3) is 0 Å². The van der Waals surface area contributed by atoms with Gasteiger partial charge in [0.2, 0.25) is 0 Å². The van der Waals surface area contributed by atoms with Gasteiger partial charge in [-0.15, -0.1) is 0 Å². The number of pyridine rings is 1. The van der Waals surface area contributed by atoms with Crippen molar-refractivity contribution in [2.75, 3.05) is 30.5 Å². The third-order valence-electron chi connectivity index (χ3n) is 3.55. The molecule has 0 saturated carbocycles. The minimum atomic E-state index is 0.475. The van der Waals surface area contributed by atoms with Crippen LogP contribution >= 0.6 is 23.4 Å². The Hall–Kier alpha value is -0.450. The first-order valence-corrected chi connectivity index (χ1v) is 9.29. The van der Waals surface area contributed by atoms with Crippen molar-refractivity contribution in [3.05, 3.63) is 22.8 Å². The average Bonchev–Trinajstić information content (AvgIpc) is 2.45. The van der Waals surface area contributed by atoms with Gasteiger partial charge in [-0.1, -0.05) is 25.4 Å². The zero-order chi connectivity index (χ0) is 15.8. The van der Waals surface area contributed by atoms with Gasteiger partial charge in [0.15, 0.2) is 0 Å². The third kappa shape index (κ3) is 6.45. The Morgan fingerprint density at radius 1 is 1.38 bits per heavy atom. The molecule has 0 bridgehead atoms. The third-order valence-corrected chi connectivity index (χ3v) is 4.53. The number of halogens is 1. The molecule has 3 nitrogen and oxygen atoms in total. The molecule has 0 aliphatic heterocycles. The number of nitrogens with zero attached hydrogens (tertiary/aromatic N) is 2. The second-order valence-corrected chi connectivity index (χ2v) is 7.29. The van der Waals surface area contributed by atoms with Crippen molar-refractivity contribution in [3.8, 4) is 0 Å². The van der Waals surface area contributed by atoms with Crippen molar-refractivity contribution >= 4 is 29.2 Å². The fraction of sp³-hybridized carbons (Fsp3) is 0.688. The van der Waals surface area contributed by atoms with Crippen LogP contribution in [0.2, 0.25) is 5.02 Å². The van der Waals surface area contributed by atoms with Gasteiger partial charge >= 0.3 is 0 Å². The molecule has 1 N–H and O–H groups in total. The minimum absolute atomic E-state index is 0.475. The smallest absolute Gasteiger partial charge is 0.128 e. The zero-order valence-electron chi connectivity index (χ0n) is 13.8. The monoisotopic (exact) mass is 329 g/mol. The lowest BCUT2D eigenvalue weighted by atomic mass is 10.2. The van der Waals surface area contributed by atoms with Crippen LogP contribution < -0.4 is 10.2 Å². The number of rotatable bonds is 9. The largest absolute Gasteiger partial charge is 0.357 e. The van der Waals surface area contributed by atoms with E-state index >= 15 is 0 Å². The maximum absolute atomic E-state index is 6.26. The molecule has 0 aliphatic rings. The molecule has 1 aromatic rings. The first-order valence-electron chi connectivity index (χ1n) is 7.52. The molecule has 1 unspecified atom stereocenters. The van der Waals surface area contributed by atoms with Crippen LogP contribution in [-0.2, 0) is 6.54 Å². The van der Waals surface area contributed by atoms with Gasteiger partial charge in [0.05, 0.1) is 5.02 Å². The molecule has 21 heavy (non-hydrogen) atoms. The lowest BCUT2D eigenvalue weighted by molar-refractivity contribution is 0.552. The summed E-state index contributed by atoms with van der Waals surface area (Å²) in [5, 5.41) is 4.17. The molecule has 1 aromatic heterocycles. The van der Waals surface area contributed by atoms with Crippen molar-refractivity contribution in [1.29, 1.82) is 0 Å². The fourth-order valence-electron chi connectivity index (χ4n) is 2.00. The molecule has 0 aliphatic carbocycles. The second kappa shape index (κ2) is 9.54. The molecule has 1 atom stereocenters. The molecule has 1 heterocycles. The van der Waals surface area contributed by atoms with Gasteiger partial charge in [-0.25, -0.2) is 4.98 Å². The van der Waals surface area contributed by atoms with Gasteiger partial charge in [-0.3, -0.25) is 0 Å². The van der Waals surface area contributed by atoms with E-state index in [0.29, 0.717) is 12.0 Å². The van der Waals surface area contributed by atoms with E-state index in [2.05, 4.69) is 55.3 Å². The number of aromatic nitrogens is 1. The average molecular weight is 330 g/mol. The number of nitrogens with one attached hydrogen (secondary N) is 1. The molecule has 5 heteroatoms. The van der Waals surface area contributed by atoms with Gasteiger partial charge in [-0.2, -0.15) is 11.8 Å². The topological polar surface area (TPSA) is 28.2 Å². The minimum Gasteiger partial charge on any atom is -0.357 e. The standard InChI is InChI=1S/C16H28ClN3S/c1-12(2)9-18-10-14-8-16(19-11-15(14)17)20(4)13(3)6-7-21-5/h8,11-13,18H,6-7,9-10H2,1-5H3. The van der Waals surface area contributed by atoms with Crippen LogP contribution in [0, 0.1) is 5.92 Å². The normalized spacial score (nSPS) is 12.7. The number of thioether (sulfide) groups is 1. The second-order valence-electron chi connectivity index (χ2n) is 5.90. The fourth-order valence-corrected chi connectivity index (χ4v) is 2.75. The van der Waals surface area contributed by atoms with Gasteiger partial charge in [0.25, 0.3) is 0 Å². The maximum atomic E-state index is 6.26. The summed E-state index contributed by atoms with van der Waals surface area (Å²) >= 11 is 8.14. The quantitative estimate of drug-likeness (QED) is 0.739. The highest BCUT2D eigenvalue weighted by Gasteiger charge is 2.12. The number of hydrogen-bond acceptors (Lipinski definition) is 4. The van der Waals surface area contributed by atoms with Crippen molar-refractivity contribution in [3.63, 3.8) is 0 Å². The summed E-state index contributed by atoms with van der Waals surface area (Å²) in [6.45, 7) is 8.43. The predicted molar refractivity (Wildman–Crippen MR) is 96.7 cm³/mol. The lowest BCUT2D eigenvalue weighted by Gasteiger charge is -2.26. The van der Waals surface area contributed by atoms with E-state index in [9.17, 15) is 0 Å². The lowest BCUT2D eigenvalue weighted by Crippen LogP contribution is -2.30. The Morgan fingerprint density at radius 3 is 2.71 bits per heavy atom. The molecule has 0 saturated heterocycles. The molecule has 0 spiro atoms. The highest BCUT2D eigenvalue weighted by atomic mass is 35.5. The summed E-state index contributed by atoms with van der Waals surface area (Å²) < 4.78 is 0. The van der Waals surface area contributed by atoms with Gasteiger partial charge < -0.3 is 10.2 Å². The number of anilines is 1. The Balaban J connectivity index is 2.70. The molecule has 1 rings (SSSR count). The summed E-state index contributed by atoms with van der Waals surface area (Å²) in [5.74, 6) is 2.80. The van der Waals surface area contributed by atoms with Crippen molar-refractivity contribution in [2.45, 2.75) is 39.8 Å². The van der Waals surface area contributed by atoms with Crippen LogP contribution in [0.1, 0.15) is 32.8 Å².